The van der Waals surface area contributed by atoms with E-state index in [0.29, 0.717) is 17.2 Å². The number of hydrogen-bond donors (Lipinski definition) is 2. The predicted octanol–water partition coefficient (Wildman–Crippen LogP) is 2.30. The zero-order valence-electron chi connectivity index (χ0n) is 9.80. The third-order valence-electron chi connectivity index (χ3n) is 2.33. The number of primary amides is 1. The van der Waals surface area contributed by atoms with Crippen molar-refractivity contribution in [2.45, 2.75) is 20.8 Å². The smallest absolute Gasteiger partial charge is 0.248 e. The fourth-order valence-corrected chi connectivity index (χ4v) is 1.32. The van der Waals surface area contributed by atoms with E-state index in [1.165, 1.54) is 0 Å². The molecule has 0 aromatic heterocycles. The molecule has 0 aliphatic carbocycles. The normalized spacial score (nSPS) is 10.6. The molecule has 0 aliphatic heterocycles. The number of nitrogens with two attached hydrogens (primary N) is 1. The average molecular weight is 224 g/mol. The first-order chi connectivity index (χ1) is 7.41. The van der Waals surface area contributed by atoms with E-state index in [0.717, 1.165) is 12.6 Å². The third kappa shape index (κ3) is 2.95. The van der Waals surface area contributed by atoms with Gasteiger partial charge in [-0.15, -0.1) is 0 Å². The molecule has 3 nitrogen and oxygen atoms in total. The first-order valence-corrected chi connectivity index (χ1v) is 5.25. The molecule has 0 radical (unpaired) electrons. The minimum atomic E-state index is -0.619. The predicted molar refractivity (Wildman–Crippen MR) is 63.0 cm³/mol. The minimum absolute atomic E-state index is 0.189. The maximum Gasteiger partial charge on any atom is 0.248 e. The third-order valence-corrected chi connectivity index (χ3v) is 2.33. The number of nitrogens with one attached hydrogen (secondary N) is 1. The summed E-state index contributed by atoms with van der Waals surface area (Å²) < 4.78 is 13.5. The lowest BCUT2D eigenvalue weighted by Crippen LogP contribution is -2.14. The Kier molecular flexibility index (Phi) is 3.88. The molecule has 0 unspecified atom stereocenters. The van der Waals surface area contributed by atoms with Crippen molar-refractivity contribution in [1.82, 2.24) is 0 Å². The molecule has 1 rings (SSSR count). The highest BCUT2D eigenvalue weighted by atomic mass is 19.1. The van der Waals surface area contributed by atoms with Gasteiger partial charge in [-0.25, -0.2) is 4.39 Å². The van der Waals surface area contributed by atoms with E-state index in [1.54, 1.807) is 13.0 Å². The molecular weight excluding hydrogens is 207 g/mol. The van der Waals surface area contributed by atoms with Crippen LogP contribution in [-0.4, -0.2) is 12.5 Å². The Morgan fingerprint density at radius 1 is 1.50 bits per heavy atom. The quantitative estimate of drug-likeness (QED) is 0.824. The Morgan fingerprint density at radius 3 is 2.62 bits per heavy atom. The van der Waals surface area contributed by atoms with Gasteiger partial charge in [0.15, 0.2) is 0 Å². The van der Waals surface area contributed by atoms with Crippen LogP contribution in [0.15, 0.2) is 12.1 Å². The first-order valence-electron chi connectivity index (χ1n) is 5.25. The minimum Gasteiger partial charge on any atom is -0.384 e. The van der Waals surface area contributed by atoms with E-state index in [9.17, 15) is 9.18 Å². The number of rotatable bonds is 4. The average Bonchev–Trinajstić information content (AvgIpc) is 2.19. The molecule has 0 saturated carbocycles. The van der Waals surface area contributed by atoms with Crippen molar-refractivity contribution >= 4 is 11.6 Å². The molecule has 1 amide bonds. The van der Waals surface area contributed by atoms with E-state index >= 15 is 0 Å². The van der Waals surface area contributed by atoms with Crippen LogP contribution in [0.1, 0.15) is 29.8 Å². The summed E-state index contributed by atoms with van der Waals surface area (Å²) in [5.74, 6) is -0.589. The van der Waals surface area contributed by atoms with E-state index in [2.05, 4.69) is 19.2 Å². The van der Waals surface area contributed by atoms with Gasteiger partial charge in [-0.05, 0) is 25.0 Å². The highest BCUT2D eigenvalue weighted by Crippen LogP contribution is 2.20. The van der Waals surface area contributed by atoms with Gasteiger partial charge in [-0.1, -0.05) is 13.8 Å². The summed E-state index contributed by atoms with van der Waals surface area (Å²) >= 11 is 0. The second kappa shape index (κ2) is 4.96. The molecule has 16 heavy (non-hydrogen) atoms. The van der Waals surface area contributed by atoms with Gasteiger partial charge in [0.05, 0.1) is 0 Å². The lowest BCUT2D eigenvalue weighted by molar-refractivity contribution is 0.1000. The SMILES string of the molecule is Cc1c(F)cc(C(N)=O)cc1NCC(C)C. The number of benzene rings is 1. The summed E-state index contributed by atoms with van der Waals surface area (Å²) in [6.45, 7) is 6.50. The Morgan fingerprint density at radius 2 is 2.12 bits per heavy atom. The van der Waals surface area contributed by atoms with Gasteiger partial charge < -0.3 is 11.1 Å². The Balaban J connectivity index is 3.02. The maximum atomic E-state index is 13.5. The summed E-state index contributed by atoms with van der Waals surface area (Å²) in [4.78, 5) is 11.0. The molecule has 0 atom stereocenters. The zero-order valence-corrected chi connectivity index (χ0v) is 9.80. The zero-order chi connectivity index (χ0) is 12.3. The summed E-state index contributed by atoms with van der Waals surface area (Å²) in [7, 11) is 0. The van der Waals surface area contributed by atoms with Gasteiger partial charge in [0, 0.05) is 23.4 Å². The van der Waals surface area contributed by atoms with Crippen molar-refractivity contribution in [3.05, 3.63) is 29.1 Å². The van der Waals surface area contributed by atoms with Gasteiger partial charge in [0.1, 0.15) is 5.82 Å². The molecule has 0 fully saturated rings. The molecular formula is C12H17FN2O. The number of carbonyl (C=O) groups excluding carboxylic acids is 1. The summed E-state index contributed by atoms with van der Waals surface area (Å²) in [6.07, 6.45) is 0. The fraction of sp³-hybridized carbons (Fsp3) is 0.417. The van der Waals surface area contributed by atoms with Gasteiger partial charge in [-0.3, -0.25) is 4.79 Å². The van der Waals surface area contributed by atoms with Gasteiger partial charge in [-0.2, -0.15) is 0 Å². The van der Waals surface area contributed by atoms with Crippen molar-refractivity contribution in [3.8, 4) is 0 Å². The molecule has 0 spiro atoms. The van der Waals surface area contributed by atoms with Crippen LogP contribution in [0.4, 0.5) is 10.1 Å². The van der Waals surface area contributed by atoms with Crippen LogP contribution in [-0.2, 0) is 0 Å². The van der Waals surface area contributed by atoms with Crippen LogP contribution in [0.3, 0.4) is 0 Å². The lowest BCUT2D eigenvalue weighted by Gasteiger charge is -2.13. The first kappa shape index (κ1) is 12.5. The molecule has 1 aromatic carbocycles. The highest BCUT2D eigenvalue weighted by Gasteiger charge is 2.10. The van der Waals surface area contributed by atoms with Gasteiger partial charge in [0.2, 0.25) is 5.91 Å². The van der Waals surface area contributed by atoms with Crippen LogP contribution >= 0.6 is 0 Å². The van der Waals surface area contributed by atoms with Crippen LogP contribution in [0.25, 0.3) is 0 Å². The van der Waals surface area contributed by atoms with E-state index in [-0.39, 0.29) is 5.56 Å². The second-order valence-electron chi connectivity index (χ2n) is 4.27. The Bertz CT molecular complexity index is 402. The van der Waals surface area contributed by atoms with Gasteiger partial charge >= 0.3 is 0 Å². The van der Waals surface area contributed by atoms with Crippen molar-refractivity contribution in [3.63, 3.8) is 0 Å². The second-order valence-corrected chi connectivity index (χ2v) is 4.27. The van der Waals surface area contributed by atoms with Crippen LogP contribution in [0, 0.1) is 18.7 Å². The molecule has 0 heterocycles. The molecule has 0 bridgehead atoms. The standard InChI is InChI=1S/C12H17FN2O/c1-7(2)6-15-11-5-9(12(14)16)4-10(13)8(11)3/h4-5,7,15H,6H2,1-3H3,(H2,14,16). The number of amides is 1. The molecule has 1 aromatic rings. The molecule has 4 heteroatoms. The number of halogens is 1. The Labute approximate surface area is 94.8 Å². The van der Waals surface area contributed by atoms with Gasteiger partial charge in [0.25, 0.3) is 0 Å². The summed E-state index contributed by atoms with van der Waals surface area (Å²) in [5, 5.41) is 3.10. The summed E-state index contributed by atoms with van der Waals surface area (Å²) in [5.41, 5.74) is 6.45. The highest BCUT2D eigenvalue weighted by molar-refractivity contribution is 5.94. The lowest BCUT2D eigenvalue weighted by atomic mass is 10.1. The van der Waals surface area contributed by atoms with Crippen molar-refractivity contribution in [2.24, 2.45) is 11.7 Å². The van der Waals surface area contributed by atoms with E-state index in [4.69, 9.17) is 5.73 Å². The molecule has 0 saturated heterocycles. The number of carbonyl (C=O) groups is 1. The maximum absolute atomic E-state index is 13.5. The largest absolute Gasteiger partial charge is 0.384 e. The Hall–Kier alpha value is -1.58. The van der Waals surface area contributed by atoms with Crippen molar-refractivity contribution < 1.29 is 9.18 Å². The fourth-order valence-electron chi connectivity index (χ4n) is 1.32. The monoisotopic (exact) mass is 224 g/mol. The molecule has 88 valence electrons. The number of anilines is 1. The topological polar surface area (TPSA) is 55.1 Å². The van der Waals surface area contributed by atoms with E-state index in [1.807, 2.05) is 0 Å². The van der Waals surface area contributed by atoms with E-state index < -0.39 is 11.7 Å². The summed E-state index contributed by atoms with van der Waals surface area (Å²) in [6, 6.07) is 2.75. The van der Waals surface area contributed by atoms with Crippen LogP contribution in [0.2, 0.25) is 0 Å². The van der Waals surface area contributed by atoms with Crippen LogP contribution in [0.5, 0.6) is 0 Å². The molecule has 0 aliphatic rings. The van der Waals surface area contributed by atoms with Crippen LogP contribution < -0.4 is 11.1 Å². The van der Waals surface area contributed by atoms with Crippen molar-refractivity contribution in [2.75, 3.05) is 11.9 Å². The van der Waals surface area contributed by atoms with Crippen molar-refractivity contribution in [1.29, 1.82) is 0 Å². The number of hydrogen-bond acceptors (Lipinski definition) is 2. The molecule has 3 N–H and O–H groups in total.